The van der Waals surface area contributed by atoms with Crippen LogP contribution in [0.3, 0.4) is 0 Å². The lowest BCUT2D eigenvalue weighted by Crippen LogP contribution is -2.34. The summed E-state index contributed by atoms with van der Waals surface area (Å²) >= 11 is 11.1. The fourth-order valence-electron chi connectivity index (χ4n) is 1.99. The first-order valence-electron chi connectivity index (χ1n) is 7.22. The van der Waals surface area contributed by atoms with Gasteiger partial charge in [-0.1, -0.05) is 11.6 Å². The molecule has 3 N–H and O–H groups in total. The minimum atomic E-state index is -0.392. The van der Waals surface area contributed by atoms with Crippen LogP contribution in [0.4, 0.5) is 11.4 Å². The molecule has 0 atom stereocenters. The van der Waals surface area contributed by atoms with Crippen molar-refractivity contribution in [2.75, 3.05) is 17.7 Å². The molecule has 6 nitrogen and oxygen atoms in total. The molecule has 0 aromatic heterocycles. The first kappa shape index (κ1) is 18.7. The smallest absolute Gasteiger partial charge is 0.257 e. The Labute approximate surface area is 155 Å². The van der Waals surface area contributed by atoms with E-state index in [4.69, 9.17) is 28.6 Å². The van der Waals surface area contributed by atoms with Crippen molar-refractivity contribution in [3.05, 3.63) is 53.1 Å². The predicted molar refractivity (Wildman–Crippen MR) is 102 cm³/mol. The van der Waals surface area contributed by atoms with Gasteiger partial charge in [0.2, 0.25) is 5.91 Å². The zero-order chi connectivity index (χ0) is 18.4. The van der Waals surface area contributed by atoms with Crippen LogP contribution in [0.1, 0.15) is 17.3 Å². The number of thiocarbonyl (C=S) groups is 1. The van der Waals surface area contributed by atoms with Crippen LogP contribution in [0.2, 0.25) is 5.02 Å². The summed E-state index contributed by atoms with van der Waals surface area (Å²) in [7, 11) is 1.50. The third kappa shape index (κ3) is 5.44. The van der Waals surface area contributed by atoms with Crippen LogP contribution in [0.5, 0.6) is 5.75 Å². The molecule has 0 unspecified atom stereocenters. The third-order valence-corrected chi connectivity index (χ3v) is 3.60. The molecular formula is C17H16ClN3O3S. The van der Waals surface area contributed by atoms with Crippen LogP contribution in [0.15, 0.2) is 42.5 Å². The number of rotatable bonds is 4. The number of ether oxygens (including phenoxy) is 1. The van der Waals surface area contributed by atoms with E-state index in [2.05, 4.69) is 16.0 Å². The zero-order valence-electron chi connectivity index (χ0n) is 13.6. The molecular weight excluding hydrogens is 362 g/mol. The Bertz CT molecular complexity index is 809. The van der Waals surface area contributed by atoms with E-state index in [1.54, 1.807) is 36.4 Å². The molecule has 2 aromatic carbocycles. The summed E-state index contributed by atoms with van der Waals surface area (Å²) in [6.45, 7) is 1.43. The van der Waals surface area contributed by atoms with Gasteiger partial charge in [-0.05, 0) is 54.7 Å². The zero-order valence-corrected chi connectivity index (χ0v) is 15.1. The summed E-state index contributed by atoms with van der Waals surface area (Å²) in [5, 5.41) is 8.60. The summed E-state index contributed by atoms with van der Waals surface area (Å²) in [6, 6.07) is 11.6. The van der Waals surface area contributed by atoms with Crippen molar-refractivity contribution in [1.82, 2.24) is 5.32 Å². The van der Waals surface area contributed by atoms with E-state index in [0.717, 1.165) is 0 Å². The maximum atomic E-state index is 12.2. The monoisotopic (exact) mass is 377 g/mol. The average Bonchev–Trinajstić information content (AvgIpc) is 2.56. The highest BCUT2D eigenvalue weighted by Gasteiger charge is 2.11. The number of halogens is 1. The molecule has 0 radical (unpaired) electrons. The molecule has 130 valence electrons. The van der Waals surface area contributed by atoms with Gasteiger partial charge in [-0.25, -0.2) is 0 Å². The van der Waals surface area contributed by atoms with Crippen molar-refractivity contribution in [2.45, 2.75) is 6.92 Å². The molecule has 0 saturated heterocycles. The van der Waals surface area contributed by atoms with Crippen molar-refractivity contribution in [3.63, 3.8) is 0 Å². The van der Waals surface area contributed by atoms with Gasteiger partial charge in [0.25, 0.3) is 5.91 Å². The molecule has 0 fully saturated rings. The molecule has 0 aliphatic carbocycles. The Morgan fingerprint density at radius 3 is 2.16 bits per heavy atom. The highest BCUT2D eigenvalue weighted by atomic mass is 35.5. The van der Waals surface area contributed by atoms with E-state index < -0.39 is 5.91 Å². The largest absolute Gasteiger partial charge is 0.495 e. The first-order valence-corrected chi connectivity index (χ1v) is 8.01. The van der Waals surface area contributed by atoms with Crippen LogP contribution in [-0.4, -0.2) is 24.0 Å². The number of benzene rings is 2. The summed E-state index contributed by atoms with van der Waals surface area (Å²) in [5.41, 5.74) is 1.70. The van der Waals surface area contributed by atoms with Gasteiger partial charge < -0.3 is 15.4 Å². The second-order valence-electron chi connectivity index (χ2n) is 5.02. The van der Waals surface area contributed by atoms with Crippen molar-refractivity contribution in [2.24, 2.45) is 0 Å². The topological polar surface area (TPSA) is 79.5 Å². The lowest BCUT2D eigenvalue weighted by molar-refractivity contribution is -0.114. The van der Waals surface area contributed by atoms with Crippen molar-refractivity contribution in [1.29, 1.82) is 0 Å². The number of methoxy groups -OCH3 is 1. The second kappa shape index (κ2) is 8.46. The predicted octanol–water partition coefficient (Wildman–Crippen LogP) is 3.43. The second-order valence-corrected chi connectivity index (χ2v) is 5.83. The fourth-order valence-corrected chi connectivity index (χ4v) is 2.45. The van der Waals surface area contributed by atoms with Crippen LogP contribution < -0.4 is 20.7 Å². The van der Waals surface area contributed by atoms with E-state index in [9.17, 15) is 9.59 Å². The molecule has 0 aliphatic heterocycles. The number of anilines is 2. The van der Waals surface area contributed by atoms with E-state index in [0.29, 0.717) is 27.7 Å². The maximum absolute atomic E-state index is 12.2. The van der Waals surface area contributed by atoms with Crippen molar-refractivity contribution < 1.29 is 14.3 Å². The van der Waals surface area contributed by atoms with E-state index in [-0.39, 0.29) is 11.0 Å². The molecule has 2 amide bonds. The van der Waals surface area contributed by atoms with Gasteiger partial charge in [0, 0.05) is 23.9 Å². The molecule has 2 aromatic rings. The minimum Gasteiger partial charge on any atom is -0.495 e. The van der Waals surface area contributed by atoms with Crippen molar-refractivity contribution >= 4 is 52.1 Å². The van der Waals surface area contributed by atoms with E-state index in [1.165, 1.54) is 20.1 Å². The Hall–Kier alpha value is -2.64. The van der Waals surface area contributed by atoms with Crippen LogP contribution in [0, 0.1) is 0 Å². The Balaban J connectivity index is 1.96. The van der Waals surface area contributed by atoms with Gasteiger partial charge in [0.05, 0.1) is 12.1 Å². The van der Waals surface area contributed by atoms with E-state index >= 15 is 0 Å². The summed E-state index contributed by atoms with van der Waals surface area (Å²) in [6.07, 6.45) is 0. The minimum absolute atomic E-state index is 0.143. The Morgan fingerprint density at radius 2 is 1.64 bits per heavy atom. The SMILES string of the molecule is COc1ccc(C(=O)NC(=S)Nc2ccc(NC(C)=O)cc2)cc1Cl. The molecule has 8 heteroatoms. The third-order valence-electron chi connectivity index (χ3n) is 3.10. The normalized spacial score (nSPS) is 9.88. The average molecular weight is 378 g/mol. The van der Waals surface area contributed by atoms with Crippen molar-refractivity contribution in [3.8, 4) is 5.75 Å². The van der Waals surface area contributed by atoms with Crippen LogP contribution in [0.25, 0.3) is 0 Å². The standard InChI is InChI=1S/C17H16ClN3O3S/c1-10(22)19-12-4-6-13(7-5-12)20-17(25)21-16(23)11-3-8-15(24-2)14(18)9-11/h3-9H,1-2H3,(H,19,22)(H2,20,21,23,25). The van der Waals surface area contributed by atoms with E-state index in [1.807, 2.05) is 0 Å². The molecule has 0 aliphatic rings. The molecule has 0 bridgehead atoms. The lowest BCUT2D eigenvalue weighted by Gasteiger charge is -2.11. The fraction of sp³-hybridized carbons (Fsp3) is 0.118. The van der Waals surface area contributed by atoms with Crippen LogP contribution >= 0.6 is 23.8 Å². The molecule has 0 saturated carbocycles. The highest BCUT2D eigenvalue weighted by Crippen LogP contribution is 2.24. The van der Waals surface area contributed by atoms with Gasteiger partial charge >= 0.3 is 0 Å². The molecule has 0 heterocycles. The van der Waals surface area contributed by atoms with Gasteiger partial charge in [0.1, 0.15) is 5.75 Å². The molecule has 25 heavy (non-hydrogen) atoms. The number of carbonyl (C=O) groups excluding carboxylic acids is 2. The quantitative estimate of drug-likeness (QED) is 0.711. The number of hydrogen-bond acceptors (Lipinski definition) is 4. The number of amides is 2. The van der Waals surface area contributed by atoms with Crippen LogP contribution in [-0.2, 0) is 4.79 Å². The van der Waals surface area contributed by atoms with Gasteiger partial charge in [-0.3, -0.25) is 14.9 Å². The molecule has 0 spiro atoms. The summed E-state index contributed by atoms with van der Waals surface area (Å²) in [5.74, 6) is -0.0586. The Kier molecular flexibility index (Phi) is 6.32. The highest BCUT2D eigenvalue weighted by molar-refractivity contribution is 7.80. The number of nitrogens with one attached hydrogen (secondary N) is 3. The first-order chi connectivity index (χ1) is 11.9. The maximum Gasteiger partial charge on any atom is 0.257 e. The Morgan fingerprint density at radius 1 is 1.04 bits per heavy atom. The number of hydrogen-bond donors (Lipinski definition) is 3. The van der Waals surface area contributed by atoms with Gasteiger partial charge in [0.15, 0.2) is 5.11 Å². The van der Waals surface area contributed by atoms with Gasteiger partial charge in [-0.15, -0.1) is 0 Å². The molecule has 2 rings (SSSR count). The summed E-state index contributed by atoms with van der Waals surface area (Å²) < 4.78 is 5.05. The number of carbonyl (C=O) groups is 2. The summed E-state index contributed by atoms with van der Waals surface area (Å²) in [4.78, 5) is 23.2. The van der Waals surface area contributed by atoms with Gasteiger partial charge in [-0.2, -0.15) is 0 Å². The lowest BCUT2D eigenvalue weighted by atomic mass is 10.2.